The number of likely N-dealkylation sites (N-methyl/N-ethyl adjacent to an activating group) is 1. The van der Waals surface area contributed by atoms with Crippen LogP contribution in [-0.2, 0) is 6.54 Å². The molecule has 2 heterocycles. The molecule has 24 heavy (non-hydrogen) atoms. The standard InChI is InChI=1S/C18H25N3O2S/c1-13-6-9-15(23-13)12-21(14-7-8-14)18(22)19-11-16(20(2)3)17-5-4-10-24-17/h4-6,9-10,14,16H,7-8,11-12H2,1-3H3,(H,19,22)/t16-/m0/s1. The van der Waals surface area contributed by atoms with Gasteiger partial charge in [0.15, 0.2) is 0 Å². The number of furan rings is 1. The summed E-state index contributed by atoms with van der Waals surface area (Å²) >= 11 is 1.72. The van der Waals surface area contributed by atoms with Crippen molar-refractivity contribution in [2.75, 3.05) is 20.6 Å². The zero-order valence-electron chi connectivity index (χ0n) is 14.5. The summed E-state index contributed by atoms with van der Waals surface area (Å²) in [6.45, 7) is 3.07. The van der Waals surface area contributed by atoms with Gasteiger partial charge in [0.25, 0.3) is 0 Å². The van der Waals surface area contributed by atoms with Crippen LogP contribution in [0.5, 0.6) is 0 Å². The second-order valence-electron chi connectivity index (χ2n) is 6.55. The molecule has 2 amide bonds. The van der Waals surface area contributed by atoms with E-state index in [0.29, 0.717) is 19.1 Å². The summed E-state index contributed by atoms with van der Waals surface area (Å²) in [5, 5.41) is 5.18. The summed E-state index contributed by atoms with van der Waals surface area (Å²) in [5.41, 5.74) is 0. The Balaban J connectivity index is 1.61. The third-order valence-corrected chi connectivity index (χ3v) is 5.29. The molecule has 0 aromatic carbocycles. The van der Waals surface area contributed by atoms with Gasteiger partial charge in [0.2, 0.25) is 0 Å². The largest absolute Gasteiger partial charge is 0.464 e. The van der Waals surface area contributed by atoms with Crippen LogP contribution in [0.2, 0.25) is 0 Å². The van der Waals surface area contributed by atoms with Crippen molar-refractivity contribution in [1.82, 2.24) is 15.1 Å². The number of thiophene rings is 1. The van der Waals surface area contributed by atoms with Crippen molar-refractivity contribution in [2.45, 2.75) is 38.4 Å². The number of nitrogens with one attached hydrogen (secondary N) is 1. The fourth-order valence-electron chi connectivity index (χ4n) is 2.79. The minimum atomic E-state index is -0.00467. The Labute approximate surface area is 147 Å². The highest BCUT2D eigenvalue weighted by molar-refractivity contribution is 7.10. The van der Waals surface area contributed by atoms with E-state index in [1.165, 1.54) is 4.88 Å². The van der Waals surface area contributed by atoms with E-state index in [2.05, 4.69) is 21.7 Å². The first-order chi connectivity index (χ1) is 11.5. The van der Waals surface area contributed by atoms with E-state index < -0.39 is 0 Å². The molecular weight excluding hydrogens is 322 g/mol. The van der Waals surface area contributed by atoms with Crippen LogP contribution in [-0.4, -0.2) is 42.5 Å². The monoisotopic (exact) mass is 347 g/mol. The summed E-state index contributed by atoms with van der Waals surface area (Å²) in [4.78, 5) is 18.0. The Morgan fingerprint density at radius 3 is 2.71 bits per heavy atom. The number of hydrogen-bond acceptors (Lipinski definition) is 4. The van der Waals surface area contributed by atoms with Gasteiger partial charge in [-0.2, -0.15) is 0 Å². The number of nitrogens with zero attached hydrogens (tertiary/aromatic N) is 2. The quantitative estimate of drug-likeness (QED) is 0.832. The molecule has 1 aliphatic carbocycles. The Morgan fingerprint density at radius 2 is 2.17 bits per heavy atom. The highest BCUT2D eigenvalue weighted by Gasteiger charge is 2.33. The summed E-state index contributed by atoms with van der Waals surface area (Å²) < 4.78 is 5.64. The molecule has 1 fully saturated rings. The number of hydrogen-bond donors (Lipinski definition) is 1. The van der Waals surface area contributed by atoms with E-state index in [9.17, 15) is 4.79 Å². The molecular formula is C18H25N3O2S. The van der Waals surface area contributed by atoms with Gasteiger partial charge >= 0.3 is 6.03 Å². The van der Waals surface area contributed by atoms with Crippen LogP contribution in [0.4, 0.5) is 4.79 Å². The molecule has 1 aliphatic rings. The lowest BCUT2D eigenvalue weighted by Gasteiger charge is -2.26. The van der Waals surface area contributed by atoms with Crippen molar-refractivity contribution < 1.29 is 9.21 Å². The van der Waals surface area contributed by atoms with Gasteiger partial charge in [-0.3, -0.25) is 0 Å². The van der Waals surface area contributed by atoms with Crippen LogP contribution in [0.3, 0.4) is 0 Å². The maximum Gasteiger partial charge on any atom is 0.318 e. The van der Waals surface area contributed by atoms with Crippen LogP contribution >= 0.6 is 11.3 Å². The molecule has 0 bridgehead atoms. The summed E-state index contributed by atoms with van der Waals surface area (Å²) in [6.07, 6.45) is 2.16. The van der Waals surface area contributed by atoms with Crippen LogP contribution < -0.4 is 5.32 Å². The first-order valence-electron chi connectivity index (χ1n) is 8.34. The van der Waals surface area contributed by atoms with Gasteiger partial charge in [0.05, 0.1) is 12.6 Å². The SMILES string of the molecule is Cc1ccc(CN(C(=O)NC[C@@H](c2cccs2)N(C)C)C2CC2)o1. The van der Waals surface area contributed by atoms with Crippen LogP contribution in [0.15, 0.2) is 34.1 Å². The van der Waals surface area contributed by atoms with Crippen molar-refractivity contribution in [3.63, 3.8) is 0 Å². The van der Waals surface area contributed by atoms with Gasteiger partial charge in [-0.15, -0.1) is 11.3 Å². The third-order valence-electron chi connectivity index (χ3n) is 4.31. The Kier molecular flexibility index (Phi) is 5.26. The average Bonchev–Trinajstić information content (AvgIpc) is 3.06. The lowest BCUT2D eigenvalue weighted by atomic mass is 10.2. The Hall–Kier alpha value is -1.79. The number of amides is 2. The van der Waals surface area contributed by atoms with Crippen LogP contribution in [0.25, 0.3) is 0 Å². The molecule has 2 aromatic rings. The topological polar surface area (TPSA) is 48.7 Å². The molecule has 0 aliphatic heterocycles. The van der Waals surface area contributed by atoms with Crippen LogP contribution in [0.1, 0.15) is 35.3 Å². The molecule has 0 saturated heterocycles. The number of carbonyl (C=O) groups is 1. The van der Waals surface area contributed by atoms with Crippen molar-refractivity contribution in [3.8, 4) is 0 Å². The minimum absolute atomic E-state index is 0.00467. The van der Waals surface area contributed by atoms with Gasteiger partial charge < -0.3 is 19.5 Å². The highest BCUT2D eigenvalue weighted by atomic mass is 32.1. The van der Waals surface area contributed by atoms with Gasteiger partial charge in [-0.1, -0.05) is 6.07 Å². The number of carbonyl (C=O) groups excluding carboxylic acids is 1. The number of rotatable bonds is 7. The summed E-state index contributed by atoms with van der Waals surface area (Å²) in [5.74, 6) is 1.73. The average molecular weight is 347 g/mol. The smallest absolute Gasteiger partial charge is 0.318 e. The lowest BCUT2D eigenvalue weighted by Crippen LogP contribution is -2.43. The van der Waals surface area contributed by atoms with Gasteiger partial charge in [0, 0.05) is 17.5 Å². The highest BCUT2D eigenvalue weighted by Crippen LogP contribution is 2.29. The molecule has 1 atom stereocenters. The van der Waals surface area contributed by atoms with E-state index in [0.717, 1.165) is 24.4 Å². The van der Waals surface area contributed by atoms with Crippen LogP contribution in [0, 0.1) is 6.92 Å². The zero-order chi connectivity index (χ0) is 17.1. The molecule has 1 saturated carbocycles. The second-order valence-corrected chi connectivity index (χ2v) is 7.53. The van der Waals surface area contributed by atoms with Gasteiger partial charge in [-0.05, 0) is 57.4 Å². The van der Waals surface area contributed by atoms with Crippen molar-refractivity contribution in [3.05, 3.63) is 46.0 Å². The molecule has 2 aromatic heterocycles. The fourth-order valence-corrected chi connectivity index (χ4v) is 3.72. The van der Waals surface area contributed by atoms with Crippen molar-refractivity contribution in [2.24, 2.45) is 0 Å². The molecule has 5 nitrogen and oxygen atoms in total. The Morgan fingerprint density at radius 1 is 1.38 bits per heavy atom. The molecule has 130 valence electrons. The second kappa shape index (κ2) is 7.40. The normalized spacial score (nSPS) is 15.5. The predicted molar refractivity (Wildman–Crippen MR) is 96.2 cm³/mol. The van der Waals surface area contributed by atoms with Gasteiger partial charge in [0.1, 0.15) is 11.5 Å². The summed E-state index contributed by atoms with van der Waals surface area (Å²) in [6, 6.07) is 8.59. The molecule has 1 N–H and O–H groups in total. The van der Waals surface area contributed by atoms with E-state index in [4.69, 9.17) is 4.42 Å². The summed E-state index contributed by atoms with van der Waals surface area (Å²) in [7, 11) is 4.08. The van der Waals surface area contributed by atoms with E-state index in [1.54, 1.807) is 11.3 Å². The van der Waals surface area contributed by atoms with Gasteiger partial charge in [-0.25, -0.2) is 4.79 Å². The molecule has 3 rings (SSSR count). The first kappa shape index (κ1) is 17.0. The van der Waals surface area contributed by atoms with E-state index in [-0.39, 0.29) is 12.1 Å². The molecule has 0 spiro atoms. The fraction of sp³-hybridized carbons (Fsp3) is 0.500. The zero-order valence-corrected chi connectivity index (χ0v) is 15.3. The molecule has 0 radical (unpaired) electrons. The lowest BCUT2D eigenvalue weighted by molar-refractivity contribution is 0.182. The van der Waals surface area contributed by atoms with E-state index in [1.807, 2.05) is 44.1 Å². The minimum Gasteiger partial charge on any atom is -0.464 e. The first-order valence-corrected chi connectivity index (χ1v) is 9.22. The third kappa shape index (κ3) is 4.19. The Bertz CT molecular complexity index is 662. The van der Waals surface area contributed by atoms with Crippen molar-refractivity contribution >= 4 is 17.4 Å². The van der Waals surface area contributed by atoms with Crippen molar-refractivity contribution in [1.29, 1.82) is 0 Å². The number of urea groups is 1. The maximum atomic E-state index is 12.7. The van der Waals surface area contributed by atoms with E-state index >= 15 is 0 Å². The predicted octanol–water partition coefficient (Wildman–Crippen LogP) is 3.63. The molecule has 6 heteroatoms. The number of aryl methyl sites for hydroxylation is 1. The maximum absolute atomic E-state index is 12.7. The molecule has 0 unspecified atom stereocenters.